The lowest BCUT2D eigenvalue weighted by molar-refractivity contribution is 0.432. The standard InChI is InChI=1S/C56H37NO/c1-2-16-36(17-3-1)57(37-30-32-44-43-22-8-11-25-47(43)55(51(44)34-37)45-23-9-4-18-39(45)40-19-5-10-24-46(40)55)38-31-33-54-52(35-38)56(50-28-14-15-29-53(50)58-54)48-26-12-6-20-41(48)42-21-7-13-27-49(42)56/h1-12,14-26,28-35H,13,27H2. The number of allylic oxidation sites excluding steroid dienone is 4. The zero-order chi connectivity index (χ0) is 38.0. The fourth-order valence-corrected chi connectivity index (χ4v) is 11.5. The number of hydrogen-bond acceptors (Lipinski definition) is 2. The summed E-state index contributed by atoms with van der Waals surface area (Å²) in [5.41, 5.74) is 20.9. The van der Waals surface area contributed by atoms with Crippen molar-refractivity contribution in [3.8, 4) is 33.8 Å². The van der Waals surface area contributed by atoms with Gasteiger partial charge in [-0.3, -0.25) is 0 Å². The average molecular weight is 740 g/mol. The van der Waals surface area contributed by atoms with Crippen LogP contribution in [0.4, 0.5) is 17.1 Å². The maximum atomic E-state index is 6.87. The molecule has 2 nitrogen and oxygen atoms in total. The van der Waals surface area contributed by atoms with E-state index in [9.17, 15) is 0 Å². The first-order chi connectivity index (χ1) is 28.8. The summed E-state index contributed by atoms with van der Waals surface area (Å²) in [5.74, 6) is 1.84. The van der Waals surface area contributed by atoms with E-state index in [1.807, 2.05) is 0 Å². The predicted octanol–water partition coefficient (Wildman–Crippen LogP) is 14.1. The highest BCUT2D eigenvalue weighted by Crippen LogP contribution is 2.65. The Morgan fingerprint density at radius 3 is 1.55 bits per heavy atom. The van der Waals surface area contributed by atoms with Gasteiger partial charge in [0.1, 0.15) is 11.5 Å². The molecule has 2 spiro atoms. The summed E-state index contributed by atoms with van der Waals surface area (Å²) < 4.78 is 6.87. The van der Waals surface area contributed by atoms with Crippen molar-refractivity contribution in [3.63, 3.8) is 0 Å². The molecule has 8 aromatic carbocycles. The summed E-state index contributed by atoms with van der Waals surface area (Å²) in [6.45, 7) is 0. The molecule has 0 N–H and O–H groups in total. The van der Waals surface area contributed by atoms with Gasteiger partial charge in [-0.1, -0.05) is 152 Å². The molecule has 2 heteroatoms. The van der Waals surface area contributed by atoms with Crippen molar-refractivity contribution < 1.29 is 4.74 Å². The van der Waals surface area contributed by atoms with Gasteiger partial charge in [0.05, 0.1) is 10.8 Å². The van der Waals surface area contributed by atoms with Crippen molar-refractivity contribution in [3.05, 3.63) is 250 Å². The summed E-state index contributed by atoms with van der Waals surface area (Å²) in [6, 6.07) is 69.9. The van der Waals surface area contributed by atoms with Crippen LogP contribution in [-0.4, -0.2) is 0 Å². The quantitative estimate of drug-likeness (QED) is 0.179. The molecule has 13 rings (SSSR count). The molecule has 4 aliphatic carbocycles. The second-order valence-corrected chi connectivity index (χ2v) is 16.2. The molecule has 272 valence electrons. The Hall–Kier alpha value is -7.16. The molecule has 8 aromatic rings. The molecule has 0 radical (unpaired) electrons. The monoisotopic (exact) mass is 739 g/mol. The third kappa shape index (κ3) is 3.92. The molecule has 1 heterocycles. The largest absolute Gasteiger partial charge is 0.457 e. The van der Waals surface area contributed by atoms with E-state index in [0.717, 1.165) is 41.4 Å². The van der Waals surface area contributed by atoms with Gasteiger partial charge < -0.3 is 9.64 Å². The molecule has 0 fully saturated rings. The molecule has 0 saturated carbocycles. The molecule has 5 aliphatic rings. The van der Waals surface area contributed by atoms with Crippen LogP contribution in [-0.2, 0) is 10.8 Å². The lowest BCUT2D eigenvalue weighted by atomic mass is 9.64. The molecule has 1 atom stereocenters. The number of rotatable bonds is 3. The van der Waals surface area contributed by atoms with Crippen LogP contribution < -0.4 is 9.64 Å². The lowest BCUT2D eigenvalue weighted by Crippen LogP contribution is -2.33. The van der Waals surface area contributed by atoms with Gasteiger partial charge in [0.2, 0.25) is 0 Å². The highest BCUT2D eigenvalue weighted by atomic mass is 16.5. The van der Waals surface area contributed by atoms with Crippen LogP contribution in [0, 0.1) is 0 Å². The molecule has 1 aliphatic heterocycles. The van der Waals surface area contributed by atoms with Crippen molar-refractivity contribution in [1.29, 1.82) is 0 Å². The van der Waals surface area contributed by atoms with Gasteiger partial charge in [-0.15, -0.1) is 0 Å². The molecule has 0 saturated heterocycles. The fraction of sp³-hybridized carbons (Fsp3) is 0.0714. The third-order valence-corrected chi connectivity index (χ3v) is 13.6. The first kappa shape index (κ1) is 32.0. The highest BCUT2D eigenvalue weighted by molar-refractivity contribution is 5.97. The van der Waals surface area contributed by atoms with Crippen LogP contribution >= 0.6 is 0 Å². The van der Waals surface area contributed by atoms with Crippen molar-refractivity contribution in [2.24, 2.45) is 0 Å². The van der Waals surface area contributed by atoms with Crippen LogP contribution in [0.2, 0.25) is 0 Å². The van der Waals surface area contributed by atoms with Gasteiger partial charge in [0, 0.05) is 28.2 Å². The Morgan fingerprint density at radius 1 is 0.379 bits per heavy atom. The maximum absolute atomic E-state index is 6.87. The number of nitrogens with zero attached hydrogens (tertiary/aromatic N) is 1. The van der Waals surface area contributed by atoms with Crippen LogP contribution in [0.25, 0.3) is 27.8 Å². The first-order valence-electron chi connectivity index (χ1n) is 20.5. The smallest absolute Gasteiger partial charge is 0.132 e. The maximum Gasteiger partial charge on any atom is 0.132 e. The van der Waals surface area contributed by atoms with E-state index in [0.29, 0.717) is 0 Å². The topological polar surface area (TPSA) is 12.5 Å². The summed E-state index contributed by atoms with van der Waals surface area (Å²) in [6.07, 6.45) is 6.72. The fourth-order valence-electron chi connectivity index (χ4n) is 11.5. The minimum atomic E-state index is -0.472. The number of benzene rings is 8. The van der Waals surface area contributed by atoms with Gasteiger partial charge in [-0.05, 0) is 128 Å². The van der Waals surface area contributed by atoms with E-state index in [1.165, 1.54) is 77.9 Å². The van der Waals surface area contributed by atoms with Crippen LogP contribution in [0.1, 0.15) is 57.3 Å². The molecule has 0 bridgehead atoms. The summed E-state index contributed by atoms with van der Waals surface area (Å²) in [5, 5.41) is 0. The van der Waals surface area contributed by atoms with Crippen molar-refractivity contribution in [2.75, 3.05) is 4.90 Å². The molecule has 0 aromatic heterocycles. The van der Waals surface area contributed by atoms with E-state index < -0.39 is 10.8 Å². The van der Waals surface area contributed by atoms with Gasteiger partial charge in [0.15, 0.2) is 0 Å². The highest BCUT2D eigenvalue weighted by Gasteiger charge is 2.53. The van der Waals surface area contributed by atoms with Crippen LogP contribution in [0.5, 0.6) is 11.5 Å². The van der Waals surface area contributed by atoms with Gasteiger partial charge in [-0.25, -0.2) is 0 Å². The minimum absolute atomic E-state index is 0.431. The zero-order valence-corrected chi connectivity index (χ0v) is 31.8. The number of fused-ring (bicyclic) bond motifs is 18. The van der Waals surface area contributed by atoms with E-state index in [-0.39, 0.29) is 0 Å². The Labute approximate surface area is 338 Å². The molecule has 0 amide bonds. The third-order valence-electron chi connectivity index (χ3n) is 13.6. The van der Waals surface area contributed by atoms with Gasteiger partial charge in [-0.2, -0.15) is 0 Å². The lowest BCUT2D eigenvalue weighted by Gasteiger charge is -2.42. The van der Waals surface area contributed by atoms with Gasteiger partial charge in [0.25, 0.3) is 0 Å². The second kappa shape index (κ2) is 11.7. The number of para-hydroxylation sites is 2. The molecule has 1 unspecified atom stereocenters. The van der Waals surface area contributed by atoms with E-state index in [2.05, 4.69) is 205 Å². The average Bonchev–Trinajstić information content (AvgIpc) is 3.88. The Balaban J connectivity index is 1.07. The number of ether oxygens (including phenoxy) is 1. The Morgan fingerprint density at radius 2 is 0.879 bits per heavy atom. The first-order valence-corrected chi connectivity index (χ1v) is 20.5. The minimum Gasteiger partial charge on any atom is -0.457 e. The van der Waals surface area contributed by atoms with E-state index in [1.54, 1.807) is 0 Å². The normalized spacial score (nSPS) is 17.7. The number of anilines is 3. The van der Waals surface area contributed by atoms with Gasteiger partial charge >= 0.3 is 0 Å². The summed E-state index contributed by atoms with van der Waals surface area (Å²) in [4.78, 5) is 2.45. The van der Waals surface area contributed by atoms with Crippen LogP contribution in [0.15, 0.2) is 206 Å². The predicted molar refractivity (Wildman–Crippen MR) is 236 cm³/mol. The Kier molecular flexibility index (Phi) is 6.45. The zero-order valence-electron chi connectivity index (χ0n) is 31.8. The second-order valence-electron chi connectivity index (χ2n) is 16.2. The van der Waals surface area contributed by atoms with Crippen molar-refractivity contribution in [2.45, 2.75) is 23.7 Å². The molecule has 58 heavy (non-hydrogen) atoms. The van der Waals surface area contributed by atoms with Crippen molar-refractivity contribution in [1.82, 2.24) is 0 Å². The van der Waals surface area contributed by atoms with E-state index >= 15 is 0 Å². The number of hydrogen-bond donors (Lipinski definition) is 0. The van der Waals surface area contributed by atoms with Crippen LogP contribution in [0.3, 0.4) is 0 Å². The molecular formula is C56H37NO. The SMILES string of the molecule is C1=CC2=C(CC1)C1(c3ccccc3Oc3ccc(N(c4ccccc4)c4ccc5c(c4)C4(c6ccccc6-c6ccccc64)c4ccccc4-5)cc31)c1ccccc12. The summed E-state index contributed by atoms with van der Waals surface area (Å²) >= 11 is 0. The van der Waals surface area contributed by atoms with E-state index in [4.69, 9.17) is 4.74 Å². The molecular weight excluding hydrogens is 703 g/mol. The summed E-state index contributed by atoms with van der Waals surface area (Å²) in [7, 11) is 0. The Bertz CT molecular complexity index is 3050. The van der Waals surface area contributed by atoms with Crippen molar-refractivity contribution >= 4 is 22.6 Å².